The van der Waals surface area contributed by atoms with Crippen LogP contribution in [-0.4, -0.2) is 54.1 Å². The summed E-state index contributed by atoms with van der Waals surface area (Å²) in [6, 6.07) is 4.07. The van der Waals surface area contributed by atoms with Crippen molar-refractivity contribution in [3.05, 3.63) is 35.4 Å². The van der Waals surface area contributed by atoms with E-state index >= 15 is 0 Å². The van der Waals surface area contributed by atoms with Crippen LogP contribution in [0.15, 0.2) is 24.3 Å². The maximum Gasteiger partial charge on any atom is 0.166 e. The average molecular weight is 317 g/mol. The van der Waals surface area contributed by atoms with Gasteiger partial charge in [-0.1, -0.05) is 18.2 Å². The number of rotatable bonds is 3. The SMILES string of the molecule is COc1ccc2c3c1O[C@@H]1CC(O)C=CC31CCN(CCO)C2. The number of ether oxygens (including phenoxy) is 2. The van der Waals surface area contributed by atoms with Gasteiger partial charge < -0.3 is 19.7 Å². The number of β-amino-alcohol motifs (C(OH)–C–C–N with tert-alkyl or cyclic N) is 1. The highest BCUT2D eigenvalue weighted by atomic mass is 16.5. The second-order valence-electron chi connectivity index (χ2n) is 6.69. The van der Waals surface area contributed by atoms with E-state index in [0.29, 0.717) is 13.0 Å². The Bertz CT molecular complexity index is 644. The van der Waals surface area contributed by atoms with E-state index in [0.717, 1.165) is 31.0 Å². The van der Waals surface area contributed by atoms with E-state index < -0.39 is 6.10 Å². The first kappa shape index (κ1) is 15.0. The van der Waals surface area contributed by atoms with Gasteiger partial charge in [0.05, 0.1) is 25.2 Å². The second kappa shape index (κ2) is 5.51. The third-order valence-electron chi connectivity index (χ3n) is 5.45. The molecule has 0 amide bonds. The molecule has 2 aliphatic heterocycles. The summed E-state index contributed by atoms with van der Waals surface area (Å²) in [4.78, 5) is 2.28. The molecule has 124 valence electrons. The molecule has 0 saturated heterocycles. The minimum atomic E-state index is -0.453. The largest absolute Gasteiger partial charge is 0.493 e. The highest BCUT2D eigenvalue weighted by molar-refractivity contribution is 5.60. The lowest BCUT2D eigenvalue weighted by atomic mass is 9.69. The molecule has 1 spiro atoms. The van der Waals surface area contributed by atoms with Crippen LogP contribution in [0.4, 0.5) is 0 Å². The number of nitrogens with zero attached hydrogens (tertiary/aromatic N) is 1. The Hall–Kier alpha value is -1.56. The first-order valence-corrected chi connectivity index (χ1v) is 8.25. The molecule has 1 aromatic rings. The Balaban J connectivity index is 1.87. The molecule has 23 heavy (non-hydrogen) atoms. The van der Waals surface area contributed by atoms with Gasteiger partial charge in [0.15, 0.2) is 11.5 Å². The van der Waals surface area contributed by atoms with E-state index in [1.807, 2.05) is 12.1 Å². The average Bonchev–Trinajstić information content (AvgIpc) is 2.79. The molecule has 0 radical (unpaired) electrons. The van der Waals surface area contributed by atoms with Gasteiger partial charge in [-0.25, -0.2) is 0 Å². The second-order valence-corrected chi connectivity index (χ2v) is 6.69. The van der Waals surface area contributed by atoms with Gasteiger partial charge in [0, 0.05) is 25.1 Å². The van der Waals surface area contributed by atoms with Crippen molar-refractivity contribution in [1.82, 2.24) is 4.90 Å². The molecule has 2 heterocycles. The monoisotopic (exact) mass is 317 g/mol. The van der Waals surface area contributed by atoms with Crippen LogP contribution in [0.2, 0.25) is 0 Å². The smallest absolute Gasteiger partial charge is 0.166 e. The topological polar surface area (TPSA) is 62.2 Å². The zero-order chi connectivity index (χ0) is 16.0. The minimum absolute atomic E-state index is 0.0540. The van der Waals surface area contributed by atoms with E-state index in [4.69, 9.17) is 9.47 Å². The van der Waals surface area contributed by atoms with Crippen LogP contribution < -0.4 is 9.47 Å². The van der Waals surface area contributed by atoms with Gasteiger partial charge in [-0.2, -0.15) is 0 Å². The molecule has 0 bridgehead atoms. The number of aliphatic hydroxyl groups excluding tert-OH is 2. The van der Waals surface area contributed by atoms with E-state index in [9.17, 15) is 10.2 Å². The van der Waals surface area contributed by atoms with Crippen LogP contribution in [0.1, 0.15) is 24.0 Å². The lowest BCUT2D eigenvalue weighted by Gasteiger charge is -2.35. The summed E-state index contributed by atoms with van der Waals surface area (Å²) in [6.45, 7) is 2.55. The van der Waals surface area contributed by atoms with E-state index in [-0.39, 0.29) is 18.1 Å². The van der Waals surface area contributed by atoms with Gasteiger partial charge in [0.25, 0.3) is 0 Å². The summed E-state index contributed by atoms with van der Waals surface area (Å²) in [5, 5.41) is 19.3. The molecule has 0 aromatic heterocycles. The van der Waals surface area contributed by atoms with Crippen LogP contribution in [0.25, 0.3) is 0 Å². The van der Waals surface area contributed by atoms with E-state index in [1.165, 1.54) is 11.1 Å². The molecule has 3 atom stereocenters. The van der Waals surface area contributed by atoms with Crippen molar-refractivity contribution in [2.24, 2.45) is 0 Å². The molecule has 2 unspecified atom stereocenters. The molecular weight excluding hydrogens is 294 g/mol. The van der Waals surface area contributed by atoms with Crippen molar-refractivity contribution in [1.29, 1.82) is 0 Å². The molecule has 2 N–H and O–H groups in total. The summed E-state index contributed by atoms with van der Waals surface area (Å²) in [7, 11) is 1.66. The summed E-state index contributed by atoms with van der Waals surface area (Å²) in [5.41, 5.74) is 2.25. The van der Waals surface area contributed by atoms with Crippen LogP contribution in [0, 0.1) is 0 Å². The van der Waals surface area contributed by atoms with Gasteiger partial charge in [-0.05, 0) is 24.6 Å². The first-order valence-electron chi connectivity index (χ1n) is 8.25. The molecule has 1 aromatic carbocycles. The maximum absolute atomic E-state index is 10.0. The standard InChI is InChI=1S/C18H23NO4/c1-22-14-3-2-12-11-19(8-9-20)7-6-18-5-4-13(21)10-15(18)23-17(14)16(12)18/h2-5,13,15,20-21H,6-11H2,1H3/t13?,15-,18?/m1/s1. The molecule has 4 rings (SSSR count). The molecular formula is C18H23NO4. The van der Waals surface area contributed by atoms with Crippen molar-refractivity contribution >= 4 is 0 Å². The normalized spacial score (nSPS) is 32.0. The third-order valence-corrected chi connectivity index (χ3v) is 5.45. The fraction of sp³-hybridized carbons (Fsp3) is 0.556. The summed E-state index contributed by atoms with van der Waals surface area (Å²) >= 11 is 0. The van der Waals surface area contributed by atoms with Crippen molar-refractivity contribution in [3.63, 3.8) is 0 Å². The van der Waals surface area contributed by atoms with Crippen molar-refractivity contribution in [2.45, 2.75) is 37.0 Å². The van der Waals surface area contributed by atoms with Gasteiger partial charge >= 0.3 is 0 Å². The minimum Gasteiger partial charge on any atom is -0.493 e. The Kier molecular flexibility index (Phi) is 3.59. The number of benzene rings is 1. The van der Waals surface area contributed by atoms with Crippen LogP contribution >= 0.6 is 0 Å². The number of hydrogen-bond donors (Lipinski definition) is 2. The molecule has 1 aliphatic carbocycles. The Morgan fingerprint density at radius 3 is 3.09 bits per heavy atom. The Labute approximate surface area is 136 Å². The highest BCUT2D eigenvalue weighted by Gasteiger charge is 2.52. The van der Waals surface area contributed by atoms with Crippen LogP contribution in [-0.2, 0) is 12.0 Å². The number of aliphatic hydroxyl groups is 2. The van der Waals surface area contributed by atoms with Gasteiger partial charge in [0.1, 0.15) is 6.10 Å². The van der Waals surface area contributed by atoms with E-state index in [1.54, 1.807) is 7.11 Å². The highest BCUT2D eigenvalue weighted by Crippen LogP contribution is 2.55. The zero-order valence-electron chi connectivity index (χ0n) is 13.4. The third kappa shape index (κ3) is 2.18. The van der Waals surface area contributed by atoms with Crippen molar-refractivity contribution < 1.29 is 19.7 Å². The molecule has 0 saturated carbocycles. The molecule has 0 fully saturated rings. The predicted octanol–water partition coefficient (Wildman–Crippen LogP) is 1.21. The first-order chi connectivity index (χ1) is 11.2. The quantitative estimate of drug-likeness (QED) is 0.821. The van der Waals surface area contributed by atoms with Gasteiger partial charge in [-0.15, -0.1) is 0 Å². The Morgan fingerprint density at radius 2 is 2.30 bits per heavy atom. The van der Waals surface area contributed by atoms with Gasteiger partial charge in [-0.3, -0.25) is 4.90 Å². The Morgan fingerprint density at radius 1 is 1.43 bits per heavy atom. The fourth-order valence-corrected chi connectivity index (χ4v) is 4.33. The molecule has 3 aliphatic rings. The summed E-state index contributed by atoms with van der Waals surface area (Å²) < 4.78 is 11.8. The number of hydrogen-bond acceptors (Lipinski definition) is 5. The number of methoxy groups -OCH3 is 1. The summed E-state index contributed by atoms with van der Waals surface area (Å²) in [6.07, 6.45) is 5.07. The van der Waals surface area contributed by atoms with Crippen molar-refractivity contribution in [2.75, 3.05) is 26.8 Å². The van der Waals surface area contributed by atoms with Gasteiger partial charge in [0.2, 0.25) is 0 Å². The molecule has 5 nitrogen and oxygen atoms in total. The summed E-state index contributed by atoms with van der Waals surface area (Å²) in [5.74, 6) is 1.59. The van der Waals surface area contributed by atoms with E-state index in [2.05, 4.69) is 17.0 Å². The zero-order valence-corrected chi connectivity index (χ0v) is 13.4. The lowest BCUT2D eigenvalue weighted by molar-refractivity contribution is 0.0799. The fourth-order valence-electron chi connectivity index (χ4n) is 4.33. The van der Waals surface area contributed by atoms with Crippen LogP contribution in [0.5, 0.6) is 11.5 Å². The predicted molar refractivity (Wildman–Crippen MR) is 85.8 cm³/mol. The van der Waals surface area contributed by atoms with Crippen molar-refractivity contribution in [3.8, 4) is 11.5 Å². The van der Waals surface area contributed by atoms with Crippen LogP contribution in [0.3, 0.4) is 0 Å². The maximum atomic E-state index is 10.0. The lowest BCUT2D eigenvalue weighted by Crippen LogP contribution is -2.43. The molecule has 5 heteroatoms.